The van der Waals surface area contributed by atoms with Crippen LogP contribution in [0.5, 0.6) is 5.75 Å². The van der Waals surface area contributed by atoms with Crippen LogP contribution < -0.4 is 33.5 Å². The van der Waals surface area contributed by atoms with E-state index in [4.69, 9.17) is 9.47 Å². The minimum Gasteiger partial charge on any atom is -1.00 e. The Hall–Kier alpha value is -2.62. The van der Waals surface area contributed by atoms with Gasteiger partial charge in [-0.05, 0) is 55.4 Å². The standard InChI is InChI=1S/C28H38BrN3O5.ClH/c1-20(2)15-17-31-27(34)25(32-26(33)10-4-3-7-16-30)18-21-11-13-23(14-12-21)37-28(35)36-19-22-8-5-6-9-24(22)29;/h5-6,8-9,11-14,20,25H,3-4,7,10,15-19,30H2,1-2H3,(H,31,34)(H,32,33);1H/t25-;/m0./s1. The lowest BCUT2D eigenvalue weighted by Gasteiger charge is -2.19. The third-order valence-electron chi connectivity index (χ3n) is 5.69. The summed E-state index contributed by atoms with van der Waals surface area (Å²) in [6.45, 7) is 5.68. The molecule has 0 aliphatic carbocycles. The molecule has 0 saturated carbocycles. The number of benzene rings is 2. The summed E-state index contributed by atoms with van der Waals surface area (Å²) < 4.78 is 11.3. The summed E-state index contributed by atoms with van der Waals surface area (Å²) >= 11 is 3.41. The fraction of sp³-hybridized carbons (Fsp3) is 0.464. The number of amides is 2. The van der Waals surface area contributed by atoms with Gasteiger partial charge in [0.25, 0.3) is 0 Å². The fourth-order valence-electron chi connectivity index (χ4n) is 3.53. The van der Waals surface area contributed by atoms with E-state index in [0.717, 1.165) is 47.8 Å². The van der Waals surface area contributed by atoms with Crippen LogP contribution in [0.4, 0.5) is 4.79 Å². The number of ether oxygens (including phenoxy) is 2. The normalized spacial score (nSPS) is 11.3. The Kier molecular flexibility index (Phi) is 16.4. The third-order valence-corrected chi connectivity index (χ3v) is 6.47. The molecule has 0 saturated heterocycles. The number of carbonyl (C=O) groups excluding carboxylic acids is 3. The minimum atomic E-state index is -0.808. The molecular weight excluding hydrogens is 574 g/mol. The van der Waals surface area contributed by atoms with Gasteiger partial charge in [0, 0.05) is 29.4 Å². The van der Waals surface area contributed by atoms with Gasteiger partial charge in [-0.2, -0.15) is 0 Å². The molecule has 0 fully saturated rings. The molecule has 210 valence electrons. The lowest BCUT2D eigenvalue weighted by Crippen LogP contribution is -3.00. The second-order valence-corrected chi connectivity index (χ2v) is 10.2. The van der Waals surface area contributed by atoms with Gasteiger partial charge in [0.05, 0.1) is 6.54 Å². The quantitative estimate of drug-likeness (QED) is 0.158. The van der Waals surface area contributed by atoms with E-state index >= 15 is 0 Å². The summed E-state index contributed by atoms with van der Waals surface area (Å²) in [4.78, 5) is 37.4. The van der Waals surface area contributed by atoms with E-state index in [1.54, 1.807) is 24.3 Å². The average Bonchev–Trinajstić information content (AvgIpc) is 2.86. The van der Waals surface area contributed by atoms with Gasteiger partial charge in [-0.25, -0.2) is 4.79 Å². The Balaban J connectivity index is 0.00000722. The first-order valence-electron chi connectivity index (χ1n) is 12.8. The molecule has 38 heavy (non-hydrogen) atoms. The Bertz CT molecular complexity index is 1000. The fourth-order valence-corrected chi connectivity index (χ4v) is 3.93. The molecule has 2 aromatic carbocycles. The highest BCUT2D eigenvalue weighted by Gasteiger charge is 2.21. The van der Waals surface area contributed by atoms with Crippen LogP contribution in [-0.2, 0) is 27.4 Å². The molecule has 5 N–H and O–H groups in total. The molecule has 0 bridgehead atoms. The number of hydrogen-bond acceptors (Lipinski definition) is 5. The largest absolute Gasteiger partial charge is 1.00 e. The second kappa shape index (κ2) is 18.6. The molecule has 8 nitrogen and oxygen atoms in total. The molecule has 0 spiro atoms. The number of halogens is 2. The highest BCUT2D eigenvalue weighted by atomic mass is 79.9. The zero-order valence-corrected chi connectivity index (χ0v) is 24.5. The first kappa shape index (κ1) is 33.4. The Morgan fingerprint density at radius 2 is 1.71 bits per heavy atom. The summed E-state index contributed by atoms with van der Waals surface area (Å²) in [5.74, 6) is 0.451. The Morgan fingerprint density at radius 1 is 1.00 bits per heavy atom. The minimum absolute atomic E-state index is 0. The molecule has 2 rings (SSSR count). The topological polar surface area (TPSA) is 121 Å². The first-order valence-corrected chi connectivity index (χ1v) is 13.6. The van der Waals surface area contributed by atoms with Gasteiger partial charge in [0.2, 0.25) is 11.8 Å². The second-order valence-electron chi connectivity index (χ2n) is 9.34. The van der Waals surface area contributed by atoms with E-state index in [-0.39, 0.29) is 30.8 Å². The first-order chi connectivity index (χ1) is 17.8. The monoisotopic (exact) mass is 611 g/mol. The summed E-state index contributed by atoms with van der Waals surface area (Å²) in [6, 6.07) is 13.6. The van der Waals surface area contributed by atoms with E-state index in [2.05, 4.69) is 46.1 Å². The van der Waals surface area contributed by atoms with Crippen LogP contribution in [0.25, 0.3) is 0 Å². The van der Waals surface area contributed by atoms with Crippen molar-refractivity contribution in [2.24, 2.45) is 5.92 Å². The molecule has 2 amide bonds. The maximum absolute atomic E-state index is 12.8. The highest BCUT2D eigenvalue weighted by Crippen LogP contribution is 2.18. The molecule has 0 aliphatic rings. The predicted molar refractivity (Wildman–Crippen MR) is 146 cm³/mol. The zero-order valence-electron chi connectivity index (χ0n) is 22.1. The van der Waals surface area contributed by atoms with Crippen molar-refractivity contribution >= 4 is 33.9 Å². The van der Waals surface area contributed by atoms with E-state index in [1.165, 1.54) is 0 Å². The number of quaternary nitrogens is 1. The number of unbranched alkanes of at least 4 members (excludes halogenated alkanes) is 2. The van der Waals surface area contributed by atoms with E-state index in [0.29, 0.717) is 31.1 Å². The molecular formula is C28H39BrClN3O5. The third kappa shape index (κ3) is 13.3. The van der Waals surface area contributed by atoms with Crippen LogP contribution in [0.2, 0.25) is 0 Å². The predicted octanol–water partition coefficient (Wildman–Crippen LogP) is 1.16. The molecule has 0 aromatic heterocycles. The van der Waals surface area contributed by atoms with Crippen molar-refractivity contribution < 1.29 is 42.0 Å². The summed E-state index contributed by atoms with van der Waals surface area (Å²) in [5, 5.41) is 5.82. The van der Waals surface area contributed by atoms with Crippen molar-refractivity contribution in [3.8, 4) is 5.75 Å². The van der Waals surface area contributed by atoms with Crippen LogP contribution >= 0.6 is 15.9 Å². The van der Waals surface area contributed by atoms with Crippen molar-refractivity contribution in [3.05, 3.63) is 64.1 Å². The van der Waals surface area contributed by atoms with Crippen LogP contribution in [-0.4, -0.2) is 37.1 Å². The molecule has 0 radical (unpaired) electrons. The molecule has 0 unspecified atom stereocenters. The van der Waals surface area contributed by atoms with Crippen LogP contribution in [0.15, 0.2) is 53.0 Å². The molecule has 0 aliphatic heterocycles. The van der Waals surface area contributed by atoms with Gasteiger partial charge in [0.1, 0.15) is 18.4 Å². The van der Waals surface area contributed by atoms with Gasteiger partial charge >= 0.3 is 6.16 Å². The number of rotatable bonds is 15. The number of carbonyl (C=O) groups is 3. The molecule has 0 heterocycles. The Labute approximate surface area is 239 Å². The van der Waals surface area contributed by atoms with E-state index in [9.17, 15) is 14.4 Å². The van der Waals surface area contributed by atoms with Crippen molar-refractivity contribution in [3.63, 3.8) is 0 Å². The SMILES string of the molecule is CC(C)CCNC(=O)[C@H](Cc1ccc(OC(=O)OCc2ccccc2Br)cc1)NC(=O)CCCCC[NH3+].[Cl-]. The zero-order chi connectivity index (χ0) is 27.0. The molecule has 2 aromatic rings. The van der Waals surface area contributed by atoms with Crippen molar-refractivity contribution in [2.75, 3.05) is 13.1 Å². The molecule has 10 heteroatoms. The smallest absolute Gasteiger partial charge is 0.514 e. The van der Waals surface area contributed by atoms with Gasteiger partial charge in [-0.1, -0.05) is 60.1 Å². The van der Waals surface area contributed by atoms with Crippen LogP contribution in [0, 0.1) is 5.92 Å². The summed E-state index contributed by atoms with van der Waals surface area (Å²) in [5.41, 5.74) is 5.48. The van der Waals surface area contributed by atoms with E-state index in [1.807, 2.05) is 24.3 Å². The average molecular weight is 613 g/mol. The van der Waals surface area contributed by atoms with Gasteiger partial charge < -0.3 is 38.2 Å². The van der Waals surface area contributed by atoms with E-state index < -0.39 is 12.2 Å². The summed E-state index contributed by atoms with van der Waals surface area (Å²) in [7, 11) is 0. The van der Waals surface area contributed by atoms with Gasteiger partial charge in [-0.15, -0.1) is 0 Å². The maximum atomic E-state index is 12.8. The van der Waals surface area contributed by atoms with Crippen LogP contribution in [0.3, 0.4) is 0 Å². The van der Waals surface area contributed by atoms with Crippen molar-refractivity contribution in [1.82, 2.24) is 10.6 Å². The van der Waals surface area contributed by atoms with Crippen molar-refractivity contribution in [2.45, 2.75) is 65.0 Å². The number of nitrogens with one attached hydrogen (secondary N) is 2. The van der Waals surface area contributed by atoms with Gasteiger partial charge in [0.15, 0.2) is 0 Å². The lowest BCUT2D eigenvalue weighted by atomic mass is 10.0. The lowest BCUT2D eigenvalue weighted by molar-refractivity contribution is -0.368. The van der Waals surface area contributed by atoms with Gasteiger partial charge in [-0.3, -0.25) is 9.59 Å². The summed E-state index contributed by atoms with van der Waals surface area (Å²) in [6.07, 6.45) is 3.45. The highest BCUT2D eigenvalue weighted by molar-refractivity contribution is 9.10. The maximum Gasteiger partial charge on any atom is 0.514 e. The molecule has 1 atom stereocenters. The van der Waals surface area contributed by atoms with Crippen molar-refractivity contribution in [1.29, 1.82) is 0 Å². The Morgan fingerprint density at radius 3 is 2.37 bits per heavy atom. The number of hydrogen-bond donors (Lipinski definition) is 3. The van der Waals surface area contributed by atoms with Crippen LogP contribution in [0.1, 0.15) is 57.1 Å².